The summed E-state index contributed by atoms with van der Waals surface area (Å²) >= 11 is 8.93. The normalized spacial score (nSPS) is 10.3. The number of methoxy groups -OCH3 is 2. The molecule has 0 radical (unpaired) electrons. The molecule has 110 valence electrons. The highest BCUT2D eigenvalue weighted by Gasteiger charge is 2.20. The standard InChI is InChI=1S/C15H11Br2IO3/c1-20-13-7-11(17)14(21-2)6-10(13)15(19)9-5-8(16)3-4-12(9)18/h3-7H,1-2H3. The minimum Gasteiger partial charge on any atom is -0.496 e. The van der Waals surface area contributed by atoms with Crippen LogP contribution in [0.2, 0.25) is 0 Å². The van der Waals surface area contributed by atoms with Gasteiger partial charge >= 0.3 is 0 Å². The van der Waals surface area contributed by atoms with Crippen LogP contribution < -0.4 is 9.47 Å². The fraction of sp³-hybridized carbons (Fsp3) is 0.133. The van der Waals surface area contributed by atoms with E-state index in [1.165, 1.54) is 7.11 Å². The molecule has 21 heavy (non-hydrogen) atoms. The Kier molecular flexibility index (Phi) is 5.67. The number of ether oxygens (including phenoxy) is 2. The highest BCUT2D eigenvalue weighted by atomic mass is 127. The summed E-state index contributed by atoms with van der Waals surface area (Å²) in [5.74, 6) is 0.982. The molecule has 2 rings (SSSR count). The van der Waals surface area contributed by atoms with E-state index in [2.05, 4.69) is 54.5 Å². The number of hydrogen-bond donors (Lipinski definition) is 0. The van der Waals surface area contributed by atoms with Crippen LogP contribution in [0.3, 0.4) is 0 Å². The maximum absolute atomic E-state index is 12.8. The lowest BCUT2D eigenvalue weighted by molar-refractivity contribution is 0.103. The SMILES string of the molecule is COc1cc(C(=O)c2cc(Br)ccc2I)c(OC)cc1Br. The predicted octanol–water partition coefficient (Wildman–Crippen LogP) is 5.06. The molecular formula is C15H11Br2IO3. The molecule has 0 saturated heterocycles. The van der Waals surface area contributed by atoms with E-state index in [1.54, 1.807) is 25.3 Å². The summed E-state index contributed by atoms with van der Waals surface area (Å²) < 4.78 is 13.1. The van der Waals surface area contributed by atoms with Gasteiger partial charge < -0.3 is 9.47 Å². The Hall–Kier alpha value is -0.600. The van der Waals surface area contributed by atoms with E-state index in [0.29, 0.717) is 22.6 Å². The zero-order valence-corrected chi connectivity index (χ0v) is 16.6. The molecule has 0 N–H and O–H groups in total. The number of rotatable bonds is 4. The van der Waals surface area contributed by atoms with Crippen molar-refractivity contribution >= 4 is 60.2 Å². The van der Waals surface area contributed by atoms with E-state index in [-0.39, 0.29) is 5.78 Å². The van der Waals surface area contributed by atoms with Crippen LogP contribution in [0.5, 0.6) is 11.5 Å². The van der Waals surface area contributed by atoms with Gasteiger partial charge in [-0.2, -0.15) is 0 Å². The van der Waals surface area contributed by atoms with Crippen molar-refractivity contribution in [3.05, 3.63) is 54.0 Å². The van der Waals surface area contributed by atoms with E-state index in [9.17, 15) is 4.79 Å². The maximum atomic E-state index is 12.8. The molecule has 0 fully saturated rings. The third-order valence-electron chi connectivity index (χ3n) is 2.89. The van der Waals surface area contributed by atoms with Crippen molar-refractivity contribution in [2.45, 2.75) is 0 Å². The van der Waals surface area contributed by atoms with Crippen LogP contribution in [0.1, 0.15) is 15.9 Å². The van der Waals surface area contributed by atoms with Crippen molar-refractivity contribution in [1.82, 2.24) is 0 Å². The molecule has 0 unspecified atom stereocenters. The number of ketones is 1. The Morgan fingerprint density at radius 1 is 1.00 bits per heavy atom. The van der Waals surface area contributed by atoms with Gasteiger partial charge in [0.05, 0.1) is 24.3 Å². The van der Waals surface area contributed by atoms with Crippen molar-refractivity contribution in [3.8, 4) is 11.5 Å². The van der Waals surface area contributed by atoms with Crippen LogP contribution in [-0.2, 0) is 0 Å². The van der Waals surface area contributed by atoms with Gasteiger partial charge in [0, 0.05) is 13.6 Å². The van der Waals surface area contributed by atoms with Gasteiger partial charge in [0.25, 0.3) is 0 Å². The average Bonchev–Trinajstić information content (AvgIpc) is 2.48. The van der Waals surface area contributed by atoms with Crippen molar-refractivity contribution in [2.24, 2.45) is 0 Å². The van der Waals surface area contributed by atoms with Gasteiger partial charge in [-0.3, -0.25) is 4.79 Å². The van der Waals surface area contributed by atoms with Gasteiger partial charge in [0.15, 0.2) is 5.78 Å². The summed E-state index contributed by atoms with van der Waals surface area (Å²) in [6, 6.07) is 9.01. The number of halogens is 3. The molecule has 0 amide bonds. The monoisotopic (exact) mass is 524 g/mol. The summed E-state index contributed by atoms with van der Waals surface area (Å²) in [4.78, 5) is 12.8. The summed E-state index contributed by atoms with van der Waals surface area (Å²) in [5.41, 5.74) is 1.08. The van der Waals surface area contributed by atoms with Gasteiger partial charge in [-0.15, -0.1) is 0 Å². The molecule has 6 heteroatoms. The second-order valence-corrected chi connectivity index (χ2v) is 7.07. The molecule has 2 aromatic carbocycles. The summed E-state index contributed by atoms with van der Waals surface area (Å²) in [5, 5.41) is 0. The highest BCUT2D eigenvalue weighted by molar-refractivity contribution is 14.1. The summed E-state index contributed by atoms with van der Waals surface area (Å²) in [7, 11) is 3.10. The van der Waals surface area contributed by atoms with Crippen LogP contribution in [0.15, 0.2) is 39.3 Å². The van der Waals surface area contributed by atoms with Crippen molar-refractivity contribution in [3.63, 3.8) is 0 Å². The summed E-state index contributed by atoms with van der Waals surface area (Å²) in [6.45, 7) is 0. The zero-order chi connectivity index (χ0) is 15.6. The van der Waals surface area contributed by atoms with Crippen molar-refractivity contribution < 1.29 is 14.3 Å². The first kappa shape index (κ1) is 16.8. The molecule has 0 aliphatic carbocycles. The highest BCUT2D eigenvalue weighted by Crippen LogP contribution is 2.34. The second kappa shape index (κ2) is 7.11. The average molecular weight is 526 g/mol. The maximum Gasteiger partial charge on any atom is 0.197 e. The van der Waals surface area contributed by atoms with Gasteiger partial charge in [-0.1, -0.05) is 15.9 Å². The third kappa shape index (κ3) is 3.60. The minimum absolute atomic E-state index is 0.108. The van der Waals surface area contributed by atoms with Gasteiger partial charge in [-0.05, 0) is 68.9 Å². The first-order valence-corrected chi connectivity index (χ1v) is 8.55. The Morgan fingerprint density at radius 2 is 1.67 bits per heavy atom. The smallest absolute Gasteiger partial charge is 0.197 e. The number of benzene rings is 2. The Bertz CT molecular complexity index is 702. The zero-order valence-electron chi connectivity index (χ0n) is 11.2. The minimum atomic E-state index is -0.108. The Balaban J connectivity index is 2.59. The molecule has 0 aromatic heterocycles. The van der Waals surface area contributed by atoms with Crippen LogP contribution in [0, 0.1) is 3.57 Å². The largest absolute Gasteiger partial charge is 0.496 e. The first-order valence-electron chi connectivity index (χ1n) is 5.89. The lowest BCUT2D eigenvalue weighted by Gasteiger charge is -2.12. The second-order valence-electron chi connectivity index (χ2n) is 4.14. The van der Waals surface area contributed by atoms with E-state index in [0.717, 1.165) is 12.5 Å². The van der Waals surface area contributed by atoms with E-state index in [1.807, 2.05) is 12.1 Å². The van der Waals surface area contributed by atoms with Gasteiger partial charge in [0.2, 0.25) is 0 Å². The molecule has 0 heterocycles. The van der Waals surface area contributed by atoms with Gasteiger partial charge in [0.1, 0.15) is 11.5 Å². The third-order valence-corrected chi connectivity index (χ3v) is 4.95. The first-order chi connectivity index (χ1) is 9.97. The molecule has 0 aliphatic heterocycles. The molecular weight excluding hydrogens is 515 g/mol. The van der Waals surface area contributed by atoms with Gasteiger partial charge in [-0.25, -0.2) is 0 Å². The van der Waals surface area contributed by atoms with E-state index in [4.69, 9.17) is 9.47 Å². The van der Waals surface area contributed by atoms with Crippen LogP contribution in [0.4, 0.5) is 0 Å². The molecule has 0 saturated carbocycles. The summed E-state index contributed by atoms with van der Waals surface area (Å²) in [6.07, 6.45) is 0. The quantitative estimate of drug-likeness (QED) is 0.413. The lowest BCUT2D eigenvalue weighted by Crippen LogP contribution is -2.07. The molecule has 0 atom stereocenters. The van der Waals surface area contributed by atoms with Crippen LogP contribution in [-0.4, -0.2) is 20.0 Å². The Morgan fingerprint density at radius 3 is 2.29 bits per heavy atom. The van der Waals surface area contributed by atoms with E-state index < -0.39 is 0 Å². The molecule has 3 nitrogen and oxygen atoms in total. The predicted molar refractivity (Wildman–Crippen MR) is 97.5 cm³/mol. The fourth-order valence-electron chi connectivity index (χ4n) is 1.85. The molecule has 0 aliphatic rings. The van der Waals surface area contributed by atoms with E-state index >= 15 is 0 Å². The number of hydrogen-bond acceptors (Lipinski definition) is 3. The number of carbonyl (C=O) groups excluding carboxylic acids is 1. The van der Waals surface area contributed by atoms with Crippen molar-refractivity contribution in [2.75, 3.05) is 14.2 Å². The van der Waals surface area contributed by atoms with Crippen LogP contribution >= 0.6 is 54.5 Å². The van der Waals surface area contributed by atoms with Crippen LogP contribution in [0.25, 0.3) is 0 Å². The topological polar surface area (TPSA) is 35.5 Å². The fourth-order valence-corrected chi connectivity index (χ4v) is 3.28. The molecule has 0 bridgehead atoms. The van der Waals surface area contributed by atoms with Crippen molar-refractivity contribution in [1.29, 1.82) is 0 Å². The lowest BCUT2D eigenvalue weighted by atomic mass is 10.0. The number of carbonyl (C=O) groups is 1. The Labute approximate surface area is 153 Å². The molecule has 0 spiro atoms. The molecule has 2 aromatic rings.